The summed E-state index contributed by atoms with van der Waals surface area (Å²) in [5.41, 5.74) is 0. The second-order valence-corrected chi connectivity index (χ2v) is 4.37. The first kappa shape index (κ1) is 15.4. The highest BCUT2D eigenvalue weighted by Crippen LogP contribution is 2.10. The van der Waals surface area contributed by atoms with Gasteiger partial charge >= 0.3 is 0 Å². The van der Waals surface area contributed by atoms with Gasteiger partial charge in [0, 0.05) is 13.2 Å². The monoisotopic (exact) mass is 269 g/mol. The van der Waals surface area contributed by atoms with Gasteiger partial charge in [-0.05, 0) is 44.5 Å². The normalized spacial score (nSPS) is 10.5. The average molecular weight is 269 g/mol. The Kier molecular flexibility index (Phi) is 6.89. The fourth-order valence-corrected chi connectivity index (χ4v) is 1.35. The smallest absolute Gasteiger partial charge is 0.257 e. The molecular weight excluding hydrogens is 249 g/mol. The van der Waals surface area contributed by atoms with Crippen LogP contribution in [0.4, 0.5) is 4.39 Å². The van der Waals surface area contributed by atoms with Crippen LogP contribution in [-0.2, 0) is 9.53 Å². The van der Waals surface area contributed by atoms with Crippen LogP contribution in [0.3, 0.4) is 0 Å². The van der Waals surface area contributed by atoms with Crippen molar-refractivity contribution in [1.29, 1.82) is 0 Å². The molecule has 1 aromatic rings. The van der Waals surface area contributed by atoms with E-state index in [-0.39, 0.29) is 24.4 Å². The summed E-state index contributed by atoms with van der Waals surface area (Å²) in [5, 5.41) is 2.72. The molecule has 0 saturated carbocycles. The lowest BCUT2D eigenvalue weighted by molar-refractivity contribution is -0.123. The molecule has 0 aliphatic rings. The molecule has 4 nitrogen and oxygen atoms in total. The first-order valence-electron chi connectivity index (χ1n) is 6.34. The van der Waals surface area contributed by atoms with Crippen molar-refractivity contribution >= 4 is 5.91 Å². The van der Waals surface area contributed by atoms with Crippen molar-refractivity contribution in [2.45, 2.75) is 26.4 Å². The van der Waals surface area contributed by atoms with Crippen LogP contribution < -0.4 is 10.1 Å². The van der Waals surface area contributed by atoms with Crippen LogP contribution in [0.15, 0.2) is 24.3 Å². The number of carbonyl (C=O) groups is 1. The highest BCUT2D eigenvalue weighted by atomic mass is 19.1. The SMILES string of the molecule is CC(C)OCCCNC(=O)COc1ccc(F)cc1. The lowest BCUT2D eigenvalue weighted by atomic mass is 10.3. The van der Waals surface area contributed by atoms with Crippen LogP contribution >= 0.6 is 0 Å². The number of amides is 1. The van der Waals surface area contributed by atoms with Gasteiger partial charge in [-0.25, -0.2) is 4.39 Å². The van der Waals surface area contributed by atoms with Gasteiger partial charge in [-0.3, -0.25) is 4.79 Å². The van der Waals surface area contributed by atoms with Crippen LogP contribution in [-0.4, -0.2) is 31.8 Å². The molecule has 19 heavy (non-hydrogen) atoms. The fraction of sp³-hybridized carbons (Fsp3) is 0.500. The largest absolute Gasteiger partial charge is 0.484 e. The minimum absolute atomic E-state index is 0.0727. The Hall–Kier alpha value is -1.62. The zero-order chi connectivity index (χ0) is 14.1. The summed E-state index contributed by atoms with van der Waals surface area (Å²) in [6.07, 6.45) is 0.970. The zero-order valence-electron chi connectivity index (χ0n) is 11.3. The van der Waals surface area contributed by atoms with Crippen LogP contribution in [0.1, 0.15) is 20.3 Å². The molecule has 0 aromatic heterocycles. The van der Waals surface area contributed by atoms with Gasteiger partial charge in [0.25, 0.3) is 5.91 Å². The second-order valence-electron chi connectivity index (χ2n) is 4.37. The van der Waals surface area contributed by atoms with Crippen molar-refractivity contribution in [2.75, 3.05) is 19.8 Å². The standard InChI is InChI=1S/C14H20FNO3/c1-11(2)18-9-3-8-16-14(17)10-19-13-6-4-12(15)5-7-13/h4-7,11H,3,8-10H2,1-2H3,(H,16,17). The maximum Gasteiger partial charge on any atom is 0.257 e. The molecule has 1 amide bonds. The average Bonchev–Trinajstić information content (AvgIpc) is 2.37. The number of carbonyl (C=O) groups excluding carboxylic acids is 1. The van der Waals surface area contributed by atoms with E-state index in [9.17, 15) is 9.18 Å². The molecule has 5 heteroatoms. The summed E-state index contributed by atoms with van der Waals surface area (Å²) in [6, 6.07) is 5.55. The molecule has 1 N–H and O–H groups in total. The molecule has 0 fully saturated rings. The van der Waals surface area contributed by atoms with Crippen molar-refractivity contribution in [2.24, 2.45) is 0 Å². The number of halogens is 1. The molecule has 1 aromatic carbocycles. The maximum atomic E-state index is 12.6. The molecule has 106 valence electrons. The van der Waals surface area contributed by atoms with E-state index in [0.29, 0.717) is 18.9 Å². The molecule has 0 spiro atoms. The molecule has 0 radical (unpaired) electrons. The molecule has 0 bridgehead atoms. The summed E-state index contributed by atoms with van der Waals surface area (Å²) in [5.74, 6) is -0.0597. The predicted octanol–water partition coefficient (Wildman–Crippen LogP) is 2.14. The summed E-state index contributed by atoms with van der Waals surface area (Å²) >= 11 is 0. The Morgan fingerprint density at radius 2 is 2.00 bits per heavy atom. The minimum Gasteiger partial charge on any atom is -0.484 e. The van der Waals surface area contributed by atoms with E-state index in [1.54, 1.807) is 0 Å². The van der Waals surface area contributed by atoms with Gasteiger partial charge in [0.05, 0.1) is 6.10 Å². The highest BCUT2D eigenvalue weighted by Gasteiger charge is 2.02. The van der Waals surface area contributed by atoms with Crippen LogP contribution in [0, 0.1) is 5.82 Å². The number of rotatable bonds is 8. The third-order valence-electron chi connectivity index (χ3n) is 2.28. The number of nitrogens with one attached hydrogen (secondary N) is 1. The first-order chi connectivity index (χ1) is 9.08. The molecule has 0 atom stereocenters. The van der Waals surface area contributed by atoms with E-state index in [2.05, 4.69) is 5.32 Å². The predicted molar refractivity (Wildman–Crippen MR) is 70.6 cm³/mol. The number of hydrogen-bond donors (Lipinski definition) is 1. The zero-order valence-corrected chi connectivity index (χ0v) is 11.3. The van der Waals surface area contributed by atoms with E-state index in [1.165, 1.54) is 24.3 Å². The van der Waals surface area contributed by atoms with Crippen LogP contribution in [0.2, 0.25) is 0 Å². The second kappa shape index (κ2) is 8.48. The van der Waals surface area contributed by atoms with Crippen molar-refractivity contribution in [1.82, 2.24) is 5.32 Å². The number of benzene rings is 1. The van der Waals surface area contributed by atoms with Crippen molar-refractivity contribution in [3.63, 3.8) is 0 Å². The van der Waals surface area contributed by atoms with Crippen molar-refractivity contribution in [3.8, 4) is 5.75 Å². The van der Waals surface area contributed by atoms with E-state index >= 15 is 0 Å². The van der Waals surface area contributed by atoms with Gasteiger partial charge in [0.1, 0.15) is 11.6 Å². The van der Waals surface area contributed by atoms with Gasteiger partial charge in [-0.2, -0.15) is 0 Å². The number of ether oxygens (including phenoxy) is 2. The van der Waals surface area contributed by atoms with E-state index in [4.69, 9.17) is 9.47 Å². The van der Waals surface area contributed by atoms with E-state index in [0.717, 1.165) is 6.42 Å². The molecule has 0 saturated heterocycles. The number of hydrogen-bond acceptors (Lipinski definition) is 3. The Bertz CT molecular complexity index is 379. The van der Waals surface area contributed by atoms with E-state index < -0.39 is 0 Å². The third-order valence-corrected chi connectivity index (χ3v) is 2.28. The molecule has 1 rings (SSSR count). The first-order valence-corrected chi connectivity index (χ1v) is 6.34. The molecule has 0 aliphatic carbocycles. The quantitative estimate of drug-likeness (QED) is 0.735. The highest BCUT2D eigenvalue weighted by molar-refractivity contribution is 5.77. The lowest BCUT2D eigenvalue weighted by Crippen LogP contribution is -2.30. The van der Waals surface area contributed by atoms with Gasteiger partial charge in [-0.15, -0.1) is 0 Å². The Balaban J connectivity index is 2.09. The molecular formula is C14H20FNO3. The summed E-state index contributed by atoms with van der Waals surface area (Å²) < 4.78 is 23.2. The Morgan fingerprint density at radius 3 is 2.63 bits per heavy atom. The van der Waals surface area contributed by atoms with Crippen LogP contribution in [0.5, 0.6) is 5.75 Å². The molecule has 0 heterocycles. The molecule has 0 unspecified atom stereocenters. The van der Waals surface area contributed by atoms with Gasteiger partial charge in [0.15, 0.2) is 6.61 Å². The molecule has 0 aliphatic heterocycles. The minimum atomic E-state index is -0.332. The van der Waals surface area contributed by atoms with Gasteiger partial charge < -0.3 is 14.8 Å². The lowest BCUT2D eigenvalue weighted by Gasteiger charge is -2.09. The Labute approximate surface area is 112 Å². The van der Waals surface area contributed by atoms with Crippen molar-refractivity contribution in [3.05, 3.63) is 30.1 Å². The van der Waals surface area contributed by atoms with Gasteiger partial charge in [-0.1, -0.05) is 0 Å². The third kappa shape index (κ3) is 7.41. The summed E-state index contributed by atoms with van der Waals surface area (Å²) in [4.78, 5) is 11.4. The van der Waals surface area contributed by atoms with Gasteiger partial charge in [0.2, 0.25) is 0 Å². The van der Waals surface area contributed by atoms with E-state index in [1.807, 2.05) is 13.8 Å². The fourth-order valence-electron chi connectivity index (χ4n) is 1.35. The topological polar surface area (TPSA) is 47.6 Å². The van der Waals surface area contributed by atoms with Crippen LogP contribution in [0.25, 0.3) is 0 Å². The summed E-state index contributed by atoms with van der Waals surface area (Å²) in [7, 11) is 0. The summed E-state index contributed by atoms with van der Waals surface area (Å²) in [6.45, 7) is 5.04. The maximum absolute atomic E-state index is 12.6. The van der Waals surface area contributed by atoms with Crippen molar-refractivity contribution < 1.29 is 18.7 Å². The Morgan fingerprint density at radius 1 is 1.32 bits per heavy atom.